The average Bonchev–Trinajstić information content (AvgIpc) is 2.69. The highest BCUT2D eigenvalue weighted by atomic mass is 16.5. The Hall–Kier alpha value is -1.43. The average molecular weight is 358 g/mol. The lowest BCUT2D eigenvalue weighted by Gasteiger charge is -2.53. The Morgan fingerprint density at radius 1 is 1.19 bits per heavy atom. The van der Waals surface area contributed by atoms with Gasteiger partial charge in [0, 0.05) is 25.0 Å². The van der Waals surface area contributed by atoms with E-state index >= 15 is 0 Å². The monoisotopic (exact) mass is 358 g/mol. The van der Waals surface area contributed by atoms with Crippen molar-refractivity contribution in [2.45, 2.75) is 49.8 Å². The number of morpholine rings is 1. The number of benzene rings is 1. The Labute approximate surface area is 155 Å². The number of rotatable bonds is 2. The number of carbonyl (C=O) groups excluding carboxylic acids is 1. The van der Waals surface area contributed by atoms with Crippen molar-refractivity contribution >= 4 is 5.91 Å². The molecule has 1 N–H and O–H groups in total. The normalized spacial score (nSPS) is 35.8. The van der Waals surface area contributed by atoms with Crippen LogP contribution in [0.4, 0.5) is 0 Å². The SMILES string of the molecule is CN1CCOC[C@@H]1C(=O)N1CC[C@](O)(c2ccccc2)[C@H]2CCCC[C@H]21. The standard InChI is InChI=1S/C21H30N2O3/c1-22-13-14-26-15-19(22)20(24)23-12-11-21(25,16-7-3-2-4-8-16)17-9-5-6-10-18(17)23/h2-4,7-8,17-19,25H,5-6,9-15H2,1H3/t17-,18+,19+,21-/m0/s1. The summed E-state index contributed by atoms with van der Waals surface area (Å²) in [5.74, 6) is 0.297. The molecule has 2 heterocycles. The van der Waals surface area contributed by atoms with E-state index < -0.39 is 5.60 Å². The molecule has 3 aliphatic rings. The van der Waals surface area contributed by atoms with Gasteiger partial charge in [-0.15, -0.1) is 0 Å². The Kier molecular flexibility index (Phi) is 5.04. The number of hydrogen-bond donors (Lipinski definition) is 1. The third-order valence-electron chi connectivity index (χ3n) is 6.71. The van der Waals surface area contributed by atoms with Crippen LogP contribution in [0.15, 0.2) is 30.3 Å². The third kappa shape index (κ3) is 3.06. The van der Waals surface area contributed by atoms with E-state index in [2.05, 4.69) is 9.80 Å². The highest BCUT2D eigenvalue weighted by Crippen LogP contribution is 2.47. The second-order valence-corrected chi connectivity index (χ2v) is 8.10. The number of carbonyl (C=O) groups is 1. The largest absolute Gasteiger partial charge is 0.385 e. The smallest absolute Gasteiger partial charge is 0.242 e. The molecule has 0 spiro atoms. The Bertz CT molecular complexity index is 637. The van der Waals surface area contributed by atoms with Crippen LogP contribution in [0.25, 0.3) is 0 Å². The van der Waals surface area contributed by atoms with E-state index in [1.54, 1.807) is 0 Å². The maximum atomic E-state index is 13.3. The van der Waals surface area contributed by atoms with Gasteiger partial charge in [-0.3, -0.25) is 9.69 Å². The molecule has 0 unspecified atom stereocenters. The predicted octanol–water partition coefficient (Wildman–Crippen LogP) is 2.00. The molecule has 5 heteroatoms. The molecule has 26 heavy (non-hydrogen) atoms. The molecular formula is C21H30N2O3. The molecule has 0 bridgehead atoms. The van der Waals surface area contributed by atoms with Crippen molar-refractivity contribution in [3.05, 3.63) is 35.9 Å². The van der Waals surface area contributed by atoms with Crippen molar-refractivity contribution in [2.75, 3.05) is 33.4 Å². The van der Waals surface area contributed by atoms with E-state index in [0.717, 1.165) is 37.8 Å². The molecule has 1 saturated carbocycles. The lowest BCUT2D eigenvalue weighted by Crippen LogP contribution is -2.63. The number of fused-ring (bicyclic) bond motifs is 1. The third-order valence-corrected chi connectivity index (χ3v) is 6.71. The fourth-order valence-corrected chi connectivity index (χ4v) is 5.18. The van der Waals surface area contributed by atoms with Gasteiger partial charge in [0.05, 0.1) is 18.8 Å². The molecule has 4 atom stereocenters. The quantitative estimate of drug-likeness (QED) is 0.879. The Morgan fingerprint density at radius 3 is 2.73 bits per heavy atom. The van der Waals surface area contributed by atoms with Gasteiger partial charge < -0.3 is 14.7 Å². The van der Waals surface area contributed by atoms with Gasteiger partial charge in [0.25, 0.3) is 0 Å². The van der Waals surface area contributed by atoms with Gasteiger partial charge in [0.15, 0.2) is 0 Å². The highest BCUT2D eigenvalue weighted by Gasteiger charge is 2.51. The van der Waals surface area contributed by atoms with Crippen LogP contribution in [0, 0.1) is 5.92 Å². The number of likely N-dealkylation sites (tertiary alicyclic amines) is 1. The fraction of sp³-hybridized carbons (Fsp3) is 0.667. The summed E-state index contributed by atoms with van der Waals surface area (Å²) in [6.45, 7) is 2.59. The van der Waals surface area contributed by atoms with E-state index in [1.165, 1.54) is 0 Å². The van der Waals surface area contributed by atoms with Crippen LogP contribution in [0.5, 0.6) is 0 Å². The zero-order valence-electron chi connectivity index (χ0n) is 15.6. The topological polar surface area (TPSA) is 53.0 Å². The van der Waals surface area contributed by atoms with Crippen molar-refractivity contribution in [3.8, 4) is 0 Å². The van der Waals surface area contributed by atoms with E-state index in [0.29, 0.717) is 26.2 Å². The summed E-state index contributed by atoms with van der Waals surface area (Å²) in [5.41, 5.74) is 0.181. The zero-order valence-corrected chi connectivity index (χ0v) is 15.6. The Balaban J connectivity index is 1.59. The van der Waals surface area contributed by atoms with Crippen LogP contribution in [0.1, 0.15) is 37.7 Å². The molecule has 3 fully saturated rings. The van der Waals surface area contributed by atoms with Gasteiger partial charge in [0.2, 0.25) is 5.91 Å². The summed E-state index contributed by atoms with van der Waals surface area (Å²) in [7, 11) is 2.01. The van der Waals surface area contributed by atoms with Crippen LogP contribution in [0.2, 0.25) is 0 Å². The van der Waals surface area contributed by atoms with Crippen molar-refractivity contribution in [2.24, 2.45) is 5.92 Å². The van der Waals surface area contributed by atoms with Gasteiger partial charge in [-0.1, -0.05) is 43.2 Å². The summed E-state index contributed by atoms with van der Waals surface area (Å²) in [6.07, 6.45) is 4.85. The van der Waals surface area contributed by atoms with E-state index in [1.807, 2.05) is 37.4 Å². The molecular weight excluding hydrogens is 328 g/mol. The first-order chi connectivity index (χ1) is 12.6. The van der Waals surface area contributed by atoms with E-state index in [-0.39, 0.29) is 23.9 Å². The lowest BCUT2D eigenvalue weighted by atomic mass is 9.66. The van der Waals surface area contributed by atoms with Crippen molar-refractivity contribution < 1.29 is 14.6 Å². The maximum absolute atomic E-state index is 13.3. The molecule has 4 rings (SSSR count). The minimum atomic E-state index is -0.821. The van der Waals surface area contributed by atoms with Crippen LogP contribution in [0.3, 0.4) is 0 Å². The van der Waals surface area contributed by atoms with Gasteiger partial charge >= 0.3 is 0 Å². The van der Waals surface area contributed by atoms with Crippen LogP contribution in [-0.2, 0) is 15.1 Å². The first-order valence-electron chi connectivity index (χ1n) is 9.97. The Morgan fingerprint density at radius 2 is 1.96 bits per heavy atom. The number of ether oxygens (including phenoxy) is 1. The number of likely N-dealkylation sites (N-methyl/N-ethyl adjacent to an activating group) is 1. The molecule has 142 valence electrons. The minimum absolute atomic E-state index is 0.117. The predicted molar refractivity (Wildman–Crippen MR) is 99.7 cm³/mol. The molecule has 1 aromatic carbocycles. The minimum Gasteiger partial charge on any atom is -0.385 e. The van der Waals surface area contributed by atoms with Crippen molar-refractivity contribution in [1.82, 2.24) is 9.80 Å². The summed E-state index contributed by atoms with van der Waals surface area (Å²) in [5, 5.41) is 11.6. The molecule has 0 radical (unpaired) electrons. The first kappa shape index (κ1) is 18.0. The fourth-order valence-electron chi connectivity index (χ4n) is 5.18. The summed E-state index contributed by atoms with van der Waals surface area (Å²) < 4.78 is 5.57. The second kappa shape index (κ2) is 7.29. The summed E-state index contributed by atoms with van der Waals surface area (Å²) >= 11 is 0. The number of nitrogens with zero attached hydrogens (tertiary/aromatic N) is 2. The van der Waals surface area contributed by atoms with E-state index in [4.69, 9.17) is 4.74 Å². The van der Waals surface area contributed by atoms with Crippen molar-refractivity contribution in [3.63, 3.8) is 0 Å². The maximum Gasteiger partial charge on any atom is 0.242 e. The molecule has 5 nitrogen and oxygen atoms in total. The number of aliphatic hydroxyl groups is 1. The molecule has 0 aromatic heterocycles. The van der Waals surface area contributed by atoms with Gasteiger partial charge in [-0.05, 0) is 31.9 Å². The van der Waals surface area contributed by atoms with Gasteiger partial charge in [-0.2, -0.15) is 0 Å². The summed E-state index contributed by atoms with van der Waals surface area (Å²) in [4.78, 5) is 17.5. The molecule has 2 saturated heterocycles. The molecule has 2 aliphatic heterocycles. The zero-order chi connectivity index (χ0) is 18.1. The van der Waals surface area contributed by atoms with Crippen molar-refractivity contribution in [1.29, 1.82) is 0 Å². The van der Waals surface area contributed by atoms with Gasteiger partial charge in [-0.25, -0.2) is 0 Å². The second-order valence-electron chi connectivity index (χ2n) is 8.10. The molecule has 1 aliphatic carbocycles. The number of hydrogen-bond acceptors (Lipinski definition) is 4. The van der Waals surface area contributed by atoms with E-state index in [9.17, 15) is 9.90 Å². The van der Waals surface area contributed by atoms with Crippen LogP contribution in [-0.4, -0.2) is 66.2 Å². The van der Waals surface area contributed by atoms with Crippen LogP contribution < -0.4 is 0 Å². The number of piperidine rings is 1. The first-order valence-corrected chi connectivity index (χ1v) is 9.97. The summed E-state index contributed by atoms with van der Waals surface area (Å²) in [6, 6.07) is 9.99. The molecule has 1 amide bonds. The highest BCUT2D eigenvalue weighted by molar-refractivity contribution is 5.82. The van der Waals surface area contributed by atoms with Gasteiger partial charge in [0.1, 0.15) is 6.04 Å². The van der Waals surface area contributed by atoms with Crippen LogP contribution >= 0.6 is 0 Å². The molecule has 1 aromatic rings. The number of amides is 1. The lowest BCUT2D eigenvalue weighted by molar-refractivity contribution is -0.163.